The number of amides is 1. The molecule has 0 aromatic rings. The third kappa shape index (κ3) is 3.95. The summed E-state index contributed by atoms with van der Waals surface area (Å²) in [7, 11) is 0. The first-order valence-electron chi connectivity index (χ1n) is 7.92. The van der Waals surface area contributed by atoms with Gasteiger partial charge in [0.05, 0.1) is 6.04 Å². The van der Waals surface area contributed by atoms with Gasteiger partial charge in [-0.2, -0.15) is 0 Å². The van der Waals surface area contributed by atoms with Crippen molar-refractivity contribution in [3.63, 3.8) is 0 Å². The van der Waals surface area contributed by atoms with E-state index in [9.17, 15) is 4.79 Å². The Balaban J connectivity index is 1.87. The van der Waals surface area contributed by atoms with E-state index in [4.69, 9.17) is 0 Å². The first-order chi connectivity index (χ1) is 8.87. The zero-order valence-corrected chi connectivity index (χ0v) is 13.0. The van der Waals surface area contributed by atoms with Gasteiger partial charge in [-0.25, -0.2) is 0 Å². The number of rotatable bonds is 3. The average Bonchev–Trinajstić information content (AvgIpc) is 2.78. The van der Waals surface area contributed by atoms with Crippen LogP contribution < -0.4 is 5.32 Å². The molecule has 0 radical (unpaired) electrons. The van der Waals surface area contributed by atoms with Crippen molar-refractivity contribution in [2.45, 2.75) is 71.9 Å². The van der Waals surface area contributed by atoms with Gasteiger partial charge in [0.1, 0.15) is 0 Å². The van der Waals surface area contributed by atoms with Crippen molar-refractivity contribution in [1.82, 2.24) is 10.2 Å². The van der Waals surface area contributed by atoms with Crippen LogP contribution in [0.15, 0.2) is 0 Å². The molecule has 1 aliphatic heterocycles. The summed E-state index contributed by atoms with van der Waals surface area (Å²) in [5.74, 6) is 1.06. The maximum absolute atomic E-state index is 12.3. The molecule has 2 rings (SSSR count). The van der Waals surface area contributed by atoms with Crippen LogP contribution in [-0.4, -0.2) is 36.0 Å². The summed E-state index contributed by atoms with van der Waals surface area (Å²) in [5, 5.41) is 3.59. The van der Waals surface area contributed by atoms with Crippen molar-refractivity contribution < 1.29 is 4.79 Å². The highest BCUT2D eigenvalue weighted by Crippen LogP contribution is 2.38. The van der Waals surface area contributed by atoms with Crippen LogP contribution in [0.4, 0.5) is 0 Å². The predicted octanol–water partition coefficient (Wildman–Crippen LogP) is 2.80. The van der Waals surface area contributed by atoms with E-state index in [1.807, 2.05) is 11.8 Å². The Bertz CT molecular complexity index is 321. The summed E-state index contributed by atoms with van der Waals surface area (Å²) in [6.07, 6.45) is 6.05. The molecule has 0 bridgehead atoms. The Morgan fingerprint density at radius 2 is 1.89 bits per heavy atom. The van der Waals surface area contributed by atoms with Gasteiger partial charge >= 0.3 is 0 Å². The molecule has 2 aliphatic rings. The Kier molecular flexibility index (Phi) is 4.54. The van der Waals surface area contributed by atoms with Gasteiger partial charge in [0.2, 0.25) is 5.91 Å². The van der Waals surface area contributed by atoms with Crippen LogP contribution in [0.25, 0.3) is 0 Å². The fraction of sp³-hybridized carbons (Fsp3) is 0.938. The van der Waals surface area contributed by atoms with Gasteiger partial charge in [0.25, 0.3) is 0 Å². The molecule has 0 aromatic heterocycles. The Morgan fingerprint density at radius 3 is 2.47 bits per heavy atom. The van der Waals surface area contributed by atoms with E-state index >= 15 is 0 Å². The van der Waals surface area contributed by atoms with E-state index in [-0.39, 0.29) is 6.04 Å². The van der Waals surface area contributed by atoms with Crippen LogP contribution >= 0.6 is 0 Å². The summed E-state index contributed by atoms with van der Waals surface area (Å²) in [5.41, 5.74) is 0.408. The summed E-state index contributed by atoms with van der Waals surface area (Å²) in [6, 6.07) is 0.476. The molecule has 1 amide bonds. The quantitative estimate of drug-likeness (QED) is 0.852. The lowest BCUT2D eigenvalue weighted by Crippen LogP contribution is -2.50. The lowest BCUT2D eigenvalue weighted by Gasteiger charge is -2.40. The lowest BCUT2D eigenvalue weighted by atomic mass is 9.70. The summed E-state index contributed by atoms with van der Waals surface area (Å²) >= 11 is 0. The fourth-order valence-electron chi connectivity index (χ4n) is 4.11. The molecule has 3 nitrogen and oxygen atoms in total. The number of nitrogens with zero attached hydrogens (tertiary/aromatic N) is 1. The van der Waals surface area contributed by atoms with Gasteiger partial charge in [-0.1, -0.05) is 20.8 Å². The summed E-state index contributed by atoms with van der Waals surface area (Å²) in [6.45, 7) is 11.0. The lowest BCUT2D eigenvalue weighted by molar-refractivity contribution is -0.132. The first kappa shape index (κ1) is 14.8. The molecule has 1 heterocycles. The number of carbonyl (C=O) groups excluding carboxylic acids is 1. The third-order valence-electron chi connectivity index (χ3n) is 4.66. The van der Waals surface area contributed by atoms with Crippen LogP contribution in [0.1, 0.15) is 59.8 Å². The number of hydrogen-bond acceptors (Lipinski definition) is 2. The molecule has 0 aromatic carbocycles. The highest BCUT2D eigenvalue weighted by molar-refractivity contribution is 5.81. The zero-order valence-electron chi connectivity index (χ0n) is 13.0. The molecule has 1 aliphatic carbocycles. The SMILES string of the molecule is CC1CC(NC(C)C(=O)N2CCCC2)CC(C)(C)C1. The second-order valence-electron chi connectivity index (χ2n) is 7.53. The molecule has 2 fully saturated rings. The third-order valence-corrected chi connectivity index (χ3v) is 4.66. The van der Waals surface area contributed by atoms with Crippen molar-refractivity contribution in [2.75, 3.05) is 13.1 Å². The number of hydrogen-bond donors (Lipinski definition) is 1. The molecular weight excluding hydrogens is 236 g/mol. The van der Waals surface area contributed by atoms with Gasteiger partial charge in [0.15, 0.2) is 0 Å². The molecule has 110 valence electrons. The minimum atomic E-state index is -0.0239. The highest BCUT2D eigenvalue weighted by Gasteiger charge is 2.34. The highest BCUT2D eigenvalue weighted by atomic mass is 16.2. The minimum Gasteiger partial charge on any atom is -0.341 e. The largest absolute Gasteiger partial charge is 0.341 e. The number of nitrogens with one attached hydrogen (secondary N) is 1. The minimum absolute atomic E-state index is 0.0239. The standard InChI is InChI=1S/C16H30N2O/c1-12-9-14(11-16(3,4)10-12)17-13(2)15(19)18-7-5-6-8-18/h12-14,17H,5-11H2,1-4H3. The number of likely N-dealkylation sites (tertiary alicyclic amines) is 1. The molecule has 1 N–H and O–H groups in total. The Hall–Kier alpha value is -0.570. The average molecular weight is 266 g/mol. The van der Waals surface area contributed by atoms with E-state index in [1.54, 1.807) is 0 Å². The summed E-state index contributed by atoms with van der Waals surface area (Å²) < 4.78 is 0. The van der Waals surface area contributed by atoms with Gasteiger partial charge in [-0.05, 0) is 50.4 Å². The van der Waals surface area contributed by atoms with Crippen LogP contribution in [0, 0.1) is 11.3 Å². The van der Waals surface area contributed by atoms with Gasteiger partial charge < -0.3 is 10.2 Å². The van der Waals surface area contributed by atoms with Gasteiger partial charge in [0, 0.05) is 19.1 Å². The van der Waals surface area contributed by atoms with Crippen molar-refractivity contribution in [2.24, 2.45) is 11.3 Å². The van der Waals surface area contributed by atoms with Crippen LogP contribution in [-0.2, 0) is 4.79 Å². The van der Waals surface area contributed by atoms with Crippen LogP contribution in [0.3, 0.4) is 0 Å². The molecule has 3 heteroatoms. The first-order valence-corrected chi connectivity index (χ1v) is 7.92. The molecule has 1 saturated heterocycles. The molecule has 3 atom stereocenters. The van der Waals surface area contributed by atoms with Crippen molar-refractivity contribution in [3.8, 4) is 0 Å². The maximum Gasteiger partial charge on any atom is 0.239 e. The Labute approximate surface area is 118 Å². The van der Waals surface area contributed by atoms with Gasteiger partial charge in [-0.15, -0.1) is 0 Å². The molecule has 19 heavy (non-hydrogen) atoms. The Morgan fingerprint density at radius 1 is 1.26 bits per heavy atom. The smallest absolute Gasteiger partial charge is 0.239 e. The van der Waals surface area contributed by atoms with E-state index < -0.39 is 0 Å². The second-order valence-corrected chi connectivity index (χ2v) is 7.53. The van der Waals surface area contributed by atoms with Crippen molar-refractivity contribution in [3.05, 3.63) is 0 Å². The number of carbonyl (C=O) groups is 1. The van der Waals surface area contributed by atoms with Crippen LogP contribution in [0.5, 0.6) is 0 Å². The van der Waals surface area contributed by atoms with E-state index in [0.29, 0.717) is 17.4 Å². The second kappa shape index (κ2) is 5.82. The fourth-order valence-corrected chi connectivity index (χ4v) is 4.11. The van der Waals surface area contributed by atoms with E-state index in [0.717, 1.165) is 19.0 Å². The van der Waals surface area contributed by atoms with E-state index in [1.165, 1.54) is 32.1 Å². The predicted molar refractivity (Wildman–Crippen MR) is 79.0 cm³/mol. The molecule has 3 unspecified atom stereocenters. The monoisotopic (exact) mass is 266 g/mol. The molecular formula is C16H30N2O. The van der Waals surface area contributed by atoms with Crippen molar-refractivity contribution >= 4 is 5.91 Å². The van der Waals surface area contributed by atoms with Crippen molar-refractivity contribution in [1.29, 1.82) is 0 Å². The molecule has 0 spiro atoms. The molecule has 1 saturated carbocycles. The zero-order chi connectivity index (χ0) is 14.0. The van der Waals surface area contributed by atoms with E-state index in [2.05, 4.69) is 26.1 Å². The van der Waals surface area contributed by atoms with Crippen LogP contribution in [0.2, 0.25) is 0 Å². The normalized spacial score (nSPS) is 32.3. The summed E-state index contributed by atoms with van der Waals surface area (Å²) in [4.78, 5) is 14.3. The van der Waals surface area contributed by atoms with Gasteiger partial charge in [-0.3, -0.25) is 4.79 Å². The topological polar surface area (TPSA) is 32.3 Å². The maximum atomic E-state index is 12.3.